The van der Waals surface area contributed by atoms with Crippen LogP contribution in [0, 0.1) is 0 Å². The van der Waals surface area contributed by atoms with Crippen molar-refractivity contribution >= 4 is 23.4 Å². The van der Waals surface area contributed by atoms with Crippen molar-refractivity contribution in [2.24, 2.45) is 0 Å². The second kappa shape index (κ2) is 7.17. The standard InChI is InChI=1S/C14H11F3N2O2S/c15-14(16,17)21-11-3-1-10(2-4-11)19-13(20)9-22-12-5-7-18-8-6-12/h1-8H,9H2,(H,19,20). The van der Waals surface area contributed by atoms with Crippen LogP contribution in [0.1, 0.15) is 0 Å². The van der Waals surface area contributed by atoms with E-state index in [0.29, 0.717) is 5.69 Å². The topological polar surface area (TPSA) is 51.2 Å². The van der Waals surface area contributed by atoms with E-state index in [9.17, 15) is 18.0 Å². The summed E-state index contributed by atoms with van der Waals surface area (Å²) in [5, 5.41) is 2.59. The fraction of sp³-hybridized carbons (Fsp3) is 0.143. The molecule has 1 aromatic heterocycles. The fourth-order valence-electron chi connectivity index (χ4n) is 1.52. The number of ether oxygens (including phenoxy) is 1. The van der Waals surface area contributed by atoms with Crippen molar-refractivity contribution < 1.29 is 22.7 Å². The molecule has 1 heterocycles. The summed E-state index contributed by atoms with van der Waals surface area (Å²) in [6.07, 6.45) is -1.48. The molecule has 2 rings (SSSR count). The first-order valence-electron chi connectivity index (χ1n) is 6.11. The van der Waals surface area contributed by atoms with Crippen molar-refractivity contribution in [2.45, 2.75) is 11.3 Å². The zero-order valence-corrected chi connectivity index (χ0v) is 11.9. The molecule has 0 aliphatic rings. The average molecular weight is 328 g/mol. The van der Waals surface area contributed by atoms with E-state index in [0.717, 1.165) is 17.0 Å². The number of carbonyl (C=O) groups is 1. The van der Waals surface area contributed by atoms with Crippen LogP contribution in [-0.4, -0.2) is 23.0 Å². The molecule has 1 N–H and O–H groups in total. The number of nitrogens with one attached hydrogen (secondary N) is 1. The number of rotatable bonds is 5. The normalized spacial score (nSPS) is 11.0. The van der Waals surface area contributed by atoms with Gasteiger partial charge in [0, 0.05) is 23.0 Å². The van der Waals surface area contributed by atoms with Gasteiger partial charge in [-0.1, -0.05) is 0 Å². The molecule has 0 radical (unpaired) electrons. The van der Waals surface area contributed by atoms with Crippen LogP contribution < -0.4 is 10.1 Å². The molecule has 0 saturated heterocycles. The Morgan fingerprint density at radius 1 is 1.14 bits per heavy atom. The summed E-state index contributed by atoms with van der Waals surface area (Å²) in [6.45, 7) is 0. The van der Waals surface area contributed by atoms with Crippen molar-refractivity contribution in [3.8, 4) is 5.75 Å². The molecule has 0 unspecified atom stereocenters. The van der Waals surface area contributed by atoms with Gasteiger partial charge in [-0.15, -0.1) is 24.9 Å². The van der Waals surface area contributed by atoms with Gasteiger partial charge < -0.3 is 10.1 Å². The van der Waals surface area contributed by atoms with Gasteiger partial charge in [-0.2, -0.15) is 0 Å². The highest BCUT2D eigenvalue weighted by Gasteiger charge is 2.30. The number of benzene rings is 1. The Labute approximate surface area is 128 Å². The van der Waals surface area contributed by atoms with Gasteiger partial charge in [0.1, 0.15) is 5.75 Å². The van der Waals surface area contributed by atoms with E-state index in [1.165, 1.54) is 23.9 Å². The summed E-state index contributed by atoms with van der Waals surface area (Å²) in [5.41, 5.74) is 0.398. The average Bonchev–Trinajstić information content (AvgIpc) is 2.47. The van der Waals surface area contributed by atoms with Crippen LogP contribution in [0.4, 0.5) is 18.9 Å². The summed E-state index contributed by atoms with van der Waals surface area (Å²) in [5.74, 6) is -0.409. The Morgan fingerprint density at radius 3 is 2.36 bits per heavy atom. The lowest BCUT2D eigenvalue weighted by Gasteiger charge is -2.10. The van der Waals surface area contributed by atoms with E-state index >= 15 is 0 Å². The van der Waals surface area contributed by atoms with Crippen LogP contribution in [0.3, 0.4) is 0 Å². The van der Waals surface area contributed by atoms with Gasteiger partial charge in [-0.3, -0.25) is 9.78 Å². The summed E-state index contributed by atoms with van der Waals surface area (Å²) in [6, 6.07) is 8.52. The maximum atomic E-state index is 12.0. The summed E-state index contributed by atoms with van der Waals surface area (Å²) >= 11 is 1.33. The second-order valence-corrected chi connectivity index (χ2v) is 5.14. The molecule has 22 heavy (non-hydrogen) atoms. The molecule has 8 heteroatoms. The minimum Gasteiger partial charge on any atom is -0.406 e. The SMILES string of the molecule is O=C(CSc1ccncc1)Nc1ccc(OC(F)(F)F)cc1. The highest BCUT2D eigenvalue weighted by atomic mass is 32.2. The van der Waals surface area contributed by atoms with Gasteiger partial charge in [0.2, 0.25) is 5.91 Å². The number of pyridine rings is 1. The maximum Gasteiger partial charge on any atom is 0.573 e. The van der Waals surface area contributed by atoms with Gasteiger partial charge in [-0.25, -0.2) is 0 Å². The van der Waals surface area contributed by atoms with Gasteiger partial charge in [0.05, 0.1) is 5.75 Å². The first-order chi connectivity index (χ1) is 10.4. The van der Waals surface area contributed by atoms with Crippen LogP contribution >= 0.6 is 11.8 Å². The number of nitrogens with zero attached hydrogens (tertiary/aromatic N) is 1. The van der Waals surface area contributed by atoms with Crippen LogP contribution in [0.25, 0.3) is 0 Å². The molecule has 0 saturated carbocycles. The Morgan fingerprint density at radius 2 is 1.77 bits per heavy atom. The minimum absolute atomic E-state index is 0.185. The number of halogens is 3. The number of alkyl halides is 3. The predicted molar refractivity (Wildman–Crippen MR) is 76.7 cm³/mol. The first kappa shape index (κ1) is 16.2. The molecule has 0 fully saturated rings. The van der Waals surface area contributed by atoms with E-state index in [4.69, 9.17) is 0 Å². The third kappa shape index (κ3) is 5.65. The van der Waals surface area contributed by atoms with Gasteiger partial charge >= 0.3 is 6.36 Å². The second-order valence-electron chi connectivity index (χ2n) is 4.09. The van der Waals surface area contributed by atoms with Crippen molar-refractivity contribution in [2.75, 3.05) is 11.1 Å². The monoisotopic (exact) mass is 328 g/mol. The molecule has 1 amide bonds. The van der Waals surface area contributed by atoms with E-state index in [1.54, 1.807) is 24.5 Å². The molecule has 0 aliphatic carbocycles. The number of thioether (sulfide) groups is 1. The Hall–Kier alpha value is -2.22. The molecule has 1 aromatic carbocycles. The Balaban J connectivity index is 1.84. The van der Waals surface area contributed by atoms with Crippen molar-refractivity contribution in [1.29, 1.82) is 0 Å². The van der Waals surface area contributed by atoms with E-state index in [1.807, 2.05) is 0 Å². The van der Waals surface area contributed by atoms with Crippen molar-refractivity contribution in [1.82, 2.24) is 4.98 Å². The Kier molecular flexibility index (Phi) is 5.26. The van der Waals surface area contributed by atoms with Crippen LogP contribution in [0.15, 0.2) is 53.7 Å². The fourth-order valence-corrected chi connectivity index (χ4v) is 2.20. The van der Waals surface area contributed by atoms with E-state index < -0.39 is 6.36 Å². The van der Waals surface area contributed by atoms with Crippen LogP contribution in [-0.2, 0) is 4.79 Å². The predicted octanol–water partition coefficient (Wildman–Crippen LogP) is 3.71. The number of carbonyl (C=O) groups excluding carboxylic acids is 1. The summed E-state index contributed by atoms with van der Waals surface area (Å²) in [4.78, 5) is 16.5. The number of hydrogen-bond acceptors (Lipinski definition) is 4. The first-order valence-corrected chi connectivity index (χ1v) is 7.09. The molecule has 116 valence electrons. The number of hydrogen-bond donors (Lipinski definition) is 1. The third-order valence-corrected chi connectivity index (χ3v) is 3.40. The number of amides is 1. The molecular weight excluding hydrogens is 317 g/mol. The van der Waals surface area contributed by atoms with E-state index in [-0.39, 0.29) is 17.4 Å². The molecule has 4 nitrogen and oxygen atoms in total. The molecular formula is C14H11F3N2O2S. The zero-order valence-electron chi connectivity index (χ0n) is 11.1. The minimum atomic E-state index is -4.73. The number of aromatic nitrogens is 1. The quantitative estimate of drug-likeness (QED) is 0.850. The largest absolute Gasteiger partial charge is 0.573 e. The lowest BCUT2D eigenvalue weighted by Crippen LogP contribution is -2.17. The van der Waals surface area contributed by atoms with Crippen molar-refractivity contribution in [3.63, 3.8) is 0 Å². The maximum absolute atomic E-state index is 12.0. The van der Waals surface area contributed by atoms with Gasteiger partial charge in [0.25, 0.3) is 0 Å². The van der Waals surface area contributed by atoms with Gasteiger partial charge in [-0.05, 0) is 36.4 Å². The molecule has 0 aliphatic heterocycles. The highest BCUT2D eigenvalue weighted by molar-refractivity contribution is 8.00. The van der Waals surface area contributed by atoms with E-state index in [2.05, 4.69) is 15.0 Å². The molecule has 0 spiro atoms. The molecule has 0 bridgehead atoms. The molecule has 0 atom stereocenters. The zero-order chi connectivity index (χ0) is 16.0. The smallest absolute Gasteiger partial charge is 0.406 e. The number of anilines is 1. The lowest BCUT2D eigenvalue weighted by molar-refractivity contribution is -0.274. The third-order valence-electron chi connectivity index (χ3n) is 2.39. The molecule has 2 aromatic rings. The van der Waals surface area contributed by atoms with Crippen LogP contribution in [0.2, 0.25) is 0 Å². The Bertz CT molecular complexity index is 618. The summed E-state index contributed by atoms with van der Waals surface area (Å²) in [7, 11) is 0. The van der Waals surface area contributed by atoms with Crippen LogP contribution in [0.5, 0.6) is 5.75 Å². The van der Waals surface area contributed by atoms with Crippen molar-refractivity contribution in [3.05, 3.63) is 48.8 Å². The highest BCUT2D eigenvalue weighted by Crippen LogP contribution is 2.24. The van der Waals surface area contributed by atoms with Gasteiger partial charge in [0.15, 0.2) is 0 Å². The summed E-state index contributed by atoms with van der Waals surface area (Å²) < 4.78 is 39.8. The lowest BCUT2D eigenvalue weighted by atomic mass is 10.3.